The van der Waals surface area contributed by atoms with Crippen molar-refractivity contribution in [2.24, 2.45) is 5.92 Å². The molecule has 5 nitrogen and oxygen atoms in total. The number of nitrogens with one attached hydrogen (secondary N) is 2. The Labute approximate surface area is 118 Å². The molecule has 1 atom stereocenters. The van der Waals surface area contributed by atoms with Crippen molar-refractivity contribution in [1.29, 1.82) is 0 Å². The molecule has 1 aliphatic rings. The molecule has 2 N–H and O–H groups in total. The van der Waals surface area contributed by atoms with Crippen molar-refractivity contribution in [2.75, 3.05) is 13.1 Å². The van der Waals surface area contributed by atoms with Gasteiger partial charge in [-0.25, -0.2) is 4.79 Å². The second-order valence-electron chi connectivity index (χ2n) is 5.03. The van der Waals surface area contributed by atoms with Crippen LogP contribution in [0.25, 0.3) is 0 Å². The Balaban J connectivity index is 1.67. The lowest BCUT2D eigenvalue weighted by Crippen LogP contribution is -2.36. The summed E-state index contributed by atoms with van der Waals surface area (Å²) in [7, 11) is 0. The molecule has 1 aromatic rings. The first-order valence-electron chi connectivity index (χ1n) is 6.95. The summed E-state index contributed by atoms with van der Waals surface area (Å²) in [6.45, 7) is 2.02. The van der Waals surface area contributed by atoms with E-state index in [-0.39, 0.29) is 12.5 Å². The zero-order valence-corrected chi connectivity index (χ0v) is 11.4. The number of carbonyl (C=O) groups excluding carboxylic acids is 2. The molecule has 108 valence electrons. The van der Waals surface area contributed by atoms with Crippen LogP contribution in [0, 0.1) is 5.92 Å². The Hall–Kier alpha value is -1.88. The summed E-state index contributed by atoms with van der Waals surface area (Å²) in [5, 5.41) is 5.51. The predicted molar refractivity (Wildman–Crippen MR) is 75.0 cm³/mol. The number of hydrogen-bond acceptors (Lipinski definition) is 4. The standard InChI is InChI=1S/C15H20N2O3/c18-14(9-13-7-4-8-16-10-13)17-15(19)20-11-12-5-2-1-3-6-12/h1-3,5-6,13,16H,4,7-11H2,(H,17,18,19)/t13-/m0/s1. The van der Waals surface area contributed by atoms with Crippen molar-refractivity contribution in [3.05, 3.63) is 35.9 Å². The van der Waals surface area contributed by atoms with Gasteiger partial charge in [-0.2, -0.15) is 0 Å². The molecule has 1 saturated heterocycles. The second-order valence-corrected chi connectivity index (χ2v) is 5.03. The number of benzene rings is 1. The minimum atomic E-state index is -0.678. The molecule has 5 heteroatoms. The minimum absolute atomic E-state index is 0.172. The number of alkyl carbamates (subject to hydrolysis) is 1. The molecule has 1 fully saturated rings. The molecule has 0 saturated carbocycles. The zero-order valence-electron chi connectivity index (χ0n) is 11.4. The number of ether oxygens (including phenoxy) is 1. The highest BCUT2D eigenvalue weighted by atomic mass is 16.5. The molecular weight excluding hydrogens is 256 g/mol. The monoisotopic (exact) mass is 276 g/mol. The first-order chi connectivity index (χ1) is 9.74. The minimum Gasteiger partial charge on any atom is -0.444 e. The Morgan fingerprint density at radius 2 is 2.10 bits per heavy atom. The van der Waals surface area contributed by atoms with Crippen molar-refractivity contribution < 1.29 is 14.3 Å². The fraction of sp³-hybridized carbons (Fsp3) is 0.467. The van der Waals surface area contributed by atoms with Gasteiger partial charge >= 0.3 is 6.09 Å². The largest absolute Gasteiger partial charge is 0.444 e. The number of amides is 2. The topological polar surface area (TPSA) is 67.4 Å². The molecule has 0 aliphatic carbocycles. The molecule has 1 aromatic carbocycles. The van der Waals surface area contributed by atoms with E-state index in [9.17, 15) is 9.59 Å². The third-order valence-electron chi connectivity index (χ3n) is 3.33. The second kappa shape index (κ2) is 7.65. The fourth-order valence-electron chi connectivity index (χ4n) is 2.28. The summed E-state index contributed by atoms with van der Waals surface area (Å²) in [6.07, 6.45) is 1.80. The Morgan fingerprint density at radius 3 is 2.80 bits per heavy atom. The first-order valence-corrected chi connectivity index (χ1v) is 6.95. The lowest BCUT2D eigenvalue weighted by Gasteiger charge is -2.21. The molecule has 1 aliphatic heterocycles. The summed E-state index contributed by atoms with van der Waals surface area (Å²) in [4.78, 5) is 23.2. The van der Waals surface area contributed by atoms with Crippen LogP contribution in [-0.2, 0) is 16.1 Å². The molecule has 0 aromatic heterocycles. The predicted octanol–water partition coefficient (Wildman–Crippen LogP) is 1.83. The van der Waals surface area contributed by atoms with Gasteiger partial charge in [0.1, 0.15) is 6.61 Å². The van der Waals surface area contributed by atoms with Gasteiger partial charge in [-0.1, -0.05) is 30.3 Å². The lowest BCUT2D eigenvalue weighted by atomic mass is 9.96. The maximum absolute atomic E-state index is 11.7. The number of hydrogen-bond donors (Lipinski definition) is 2. The van der Waals surface area contributed by atoms with Gasteiger partial charge in [-0.15, -0.1) is 0 Å². The average Bonchev–Trinajstić information content (AvgIpc) is 2.47. The van der Waals surface area contributed by atoms with Crippen LogP contribution in [0.4, 0.5) is 4.79 Å². The maximum Gasteiger partial charge on any atom is 0.414 e. The average molecular weight is 276 g/mol. The van der Waals surface area contributed by atoms with Crippen LogP contribution < -0.4 is 10.6 Å². The molecule has 0 bridgehead atoms. The van der Waals surface area contributed by atoms with Gasteiger partial charge in [-0.05, 0) is 37.4 Å². The maximum atomic E-state index is 11.7. The highest BCUT2D eigenvalue weighted by molar-refractivity contribution is 5.91. The summed E-state index contributed by atoms with van der Waals surface area (Å²) in [6, 6.07) is 9.37. The van der Waals surface area contributed by atoms with Crippen LogP contribution in [0.15, 0.2) is 30.3 Å². The molecule has 2 rings (SSSR count). The summed E-state index contributed by atoms with van der Waals surface area (Å²) >= 11 is 0. The van der Waals surface area contributed by atoms with Gasteiger partial charge < -0.3 is 10.1 Å². The van der Waals surface area contributed by atoms with Crippen LogP contribution in [-0.4, -0.2) is 25.1 Å². The SMILES string of the molecule is O=C(C[C@@H]1CCCNC1)NC(=O)OCc1ccccc1. The van der Waals surface area contributed by atoms with Crippen LogP contribution >= 0.6 is 0 Å². The van der Waals surface area contributed by atoms with Crippen LogP contribution in [0.3, 0.4) is 0 Å². The van der Waals surface area contributed by atoms with E-state index in [1.54, 1.807) is 0 Å². The van der Waals surface area contributed by atoms with E-state index in [0.717, 1.165) is 31.5 Å². The number of rotatable bonds is 4. The van der Waals surface area contributed by atoms with Crippen molar-refractivity contribution in [2.45, 2.75) is 25.9 Å². The number of imide groups is 1. The molecule has 0 radical (unpaired) electrons. The normalized spacial score (nSPS) is 18.3. The van der Waals surface area contributed by atoms with E-state index in [1.165, 1.54) is 0 Å². The molecule has 1 heterocycles. The van der Waals surface area contributed by atoms with Crippen molar-refractivity contribution >= 4 is 12.0 Å². The van der Waals surface area contributed by atoms with E-state index in [2.05, 4.69) is 10.6 Å². The highest BCUT2D eigenvalue weighted by Crippen LogP contribution is 2.13. The Bertz CT molecular complexity index is 442. The molecule has 0 unspecified atom stereocenters. The lowest BCUT2D eigenvalue weighted by molar-refractivity contribution is -0.121. The third-order valence-corrected chi connectivity index (χ3v) is 3.33. The van der Waals surface area contributed by atoms with E-state index < -0.39 is 6.09 Å². The van der Waals surface area contributed by atoms with E-state index in [4.69, 9.17) is 4.74 Å². The smallest absolute Gasteiger partial charge is 0.414 e. The summed E-state index contributed by atoms with van der Waals surface area (Å²) < 4.78 is 5.00. The van der Waals surface area contributed by atoms with E-state index in [1.807, 2.05) is 30.3 Å². The van der Waals surface area contributed by atoms with Crippen molar-refractivity contribution in [1.82, 2.24) is 10.6 Å². The van der Waals surface area contributed by atoms with Gasteiger partial charge in [0.25, 0.3) is 0 Å². The molecule has 0 spiro atoms. The molecular formula is C15H20N2O3. The quantitative estimate of drug-likeness (QED) is 0.880. The fourth-order valence-corrected chi connectivity index (χ4v) is 2.28. The van der Waals surface area contributed by atoms with Gasteiger partial charge in [0, 0.05) is 6.42 Å². The van der Waals surface area contributed by atoms with Crippen molar-refractivity contribution in [3.63, 3.8) is 0 Å². The summed E-state index contributed by atoms with van der Waals surface area (Å²) in [5.74, 6) is 0.0439. The van der Waals surface area contributed by atoms with Crippen LogP contribution in [0.2, 0.25) is 0 Å². The van der Waals surface area contributed by atoms with Crippen LogP contribution in [0.5, 0.6) is 0 Å². The van der Waals surface area contributed by atoms with Gasteiger partial charge in [-0.3, -0.25) is 10.1 Å². The molecule has 2 amide bonds. The van der Waals surface area contributed by atoms with Gasteiger partial charge in [0.05, 0.1) is 0 Å². The Morgan fingerprint density at radius 1 is 1.30 bits per heavy atom. The zero-order chi connectivity index (χ0) is 14.2. The van der Waals surface area contributed by atoms with Crippen molar-refractivity contribution in [3.8, 4) is 0 Å². The third kappa shape index (κ3) is 5.01. The number of piperidine rings is 1. The first kappa shape index (κ1) is 14.5. The van der Waals surface area contributed by atoms with Crippen LogP contribution in [0.1, 0.15) is 24.8 Å². The van der Waals surface area contributed by atoms with Gasteiger partial charge in [0.2, 0.25) is 5.91 Å². The molecule has 20 heavy (non-hydrogen) atoms. The number of carbonyl (C=O) groups is 2. The van der Waals surface area contributed by atoms with Gasteiger partial charge in [0.15, 0.2) is 0 Å². The highest BCUT2D eigenvalue weighted by Gasteiger charge is 2.18. The Kier molecular flexibility index (Phi) is 5.55. The summed E-state index contributed by atoms with van der Waals surface area (Å²) in [5.41, 5.74) is 0.895. The van der Waals surface area contributed by atoms with E-state index >= 15 is 0 Å². The van der Waals surface area contributed by atoms with E-state index in [0.29, 0.717) is 12.3 Å².